The summed E-state index contributed by atoms with van der Waals surface area (Å²) in [5.41, 5.74) is 0.953. The summed E-state index contributed by atoms with van der Waals surface area (Å²) in [5, 5.41) is 0. The Morgan fingerprint density at radius 3 is 2.44 bits per heavy atom. The third-order valence-electron chi connectivity index (χ3n) is 2.18. The van der Waals surface area contributed by atoms with E-state index in [4.69, 9.17) is 9.47 Å². The van der Waals surface area contributed by atoms with Crippen molar-refractivity contribution in [3.05, 3.63) is 17.7 Å². The fraction of sp³-hybridized carbons (Fsp3) is 0.417. The maximum atomic E-state index is 11.1. The molecule has 0 spiro atoms. The van der Waals surface area contributed by atoms with E-state index in [1.807, 2.05) is 18.4 Å². The summed E-state index contributed by atoms with van der Waals surface area (Å²) in [4.78, 5) is 12.1. The van der Waals surface area contributed by atoms with Gasteiger partial charge < -0.3 is 9.47 Å². The molecule has 0 atom stereocenters. The van der Waals surface area contributed by atoms with Crippen LogP contribution in [0.2, 0.25) is 0 Å². The van der Waals surface area contributed by atoms with Gasteiger partial charge in [-0.1, -0.05) is 0 Å². The van der Waals surface area contributed by atoms with Crippen LogP contribution in [0.1, 0.15) is 12.5 Å². The smallest absolute Gasteiger partial charge is 0.174 e. The third kappa shape index (κ3) is 2.92. The Labute approximate surface area is 100 Å². The van der Waals surface area contributed by atoms with Crippen molar-refractivity contribution < 1.29 is 14.3 Å². The molecular weight excluding hydrogens is 224 g/mol. The number of Topliss-reactive ketones (excluding diaryl/α,β-unsaturated/α-hetero) is 1. The third-order valence-corrected chi connectivity index (χ3v) is 2.92. The molecule has 0 aliphatic carbocycles. The van der Waals surface area contributed by atoms with E-state index in [0.717, 1.165) is 16.2 Å². The minimum Gasteiger partial charge on any atom is -0.493 e. The molecule has 4 heteroatoms. The Kier molecular flexibility index (Phi) is 4.68. The lowest BCUT2D eigenvalue weighted by atomic mass is 10.1. The second kappa shape index (κ2) is 5.80. The summed E-state index contributed by atoms with van der Waals surface area (Å²) in [6, 6.07) is 3.81. The van der Waals surface area contributed by atoms with Gasteiger partial charge in [0.15, 0.2) is 11.5 Å². The van der Waals surface area contributed by atoms with E-state index in [1.165, 1.54) is 0 Å². The average Bonchev–Trinajstić information content (AvgIpc) is 2.26. The Morgan fingerprint density at radius 1 is 1.31 bits per heavy atom. The van der Waals surface area contributed by atoms with E-state index in [1.54, 1.807) is 32.9 Å². The van der Waals surface area contributed by atoms with E-state index in [2.05, 4.69) is 0 Å². The van der Waals surface area contributed by atoms with Crippen LogP contribution in [-0.2, 0) is 11.2 Å². The second-order valence-corrected chi connectivity index (χ2v) is 4.26. The van der Waals surface area contributed by atoms with Crippen LogP contribution in [-0.4, -0.2) is 26.3 Å². The Bertz CT molecular complexity index is 363. The Hall–Kier alpha value is -1.16. The number of carbonyl (C=O) groups is 1. The van der Waals surface area contributed by atoms with E-state index in [-0.39, 0.29) is 5.78 Å². The molecule has 0 bridgehead atoms. The van der Waals surface area contributed by atoms with E-state index >= 15 is 0 Å². The first-order valence-corrected chi connectivity index (χ1v) is 6.13. The quantitative estimate of drug-likeness (QED) is 0.741. The maximum Gasteiger partial charge on any atom is 0.174 e. The molecule has 0 saturated heterocycles. The van der Waals surface area contributed by atoms with E-state index in [0.29, 0.717) is 12.2 Å². The van der Waals surface area contributed by atoms with Gasteiger partial charge in [0, 0.05) is 6.42 Å². The van der Waals surface area contributed by atoms with Crippen molar-refractivity contribution in [2.24, 2.45) is 0 Å². The van der Waals surface area contributed by atoms with Crippen LogP contribution < -0.4 is 9.47 Å². The van der Waals surface area contributed by atoms with Gasteiger partial charge in [0.25, 0.3) is 0 Å². The number of rotatable bonds is 5. The van der Waals surface area contributed by atoms with Gasteiger partial charge in [-0.3, -0.25) is 4.79 Å². The number of hydrogen-bond acceptors (Lipinski definition) is 4. The Morgan fingerprint density at radius 2 is 2.00 bits per heavy atom. The number of ether oxygens (including phenoxy) is 2. The normalized spacial score (nSPS) is 10.0. The molecule has 1 aromatic rings. The van der Waals surface area contributed by atoms with Crippen molar-refractivity contribution in [2.45, 2.75) is 18.2 Å². The zero-order valence-corrected chi connectivity index (χ0v) is 10.8. The number of methoxy groups -OCH3 is 2. The molecule has 3 nitrogen and oxygen atoms in total. The molecule has 88 valence electrons. The summed E-state index contributed by atoms with van der Waals surface area (Å²) >= 11 is 1.57. The fourth-order valence-corrected chi connectivity index (χ4v) is 2.16. The number of benzene rings is 1. The monoisotopic (exact) mass is 240 g/mol. The largest absolute Gasteiger partial charge is 0.493 e. The van der Waals surface area contributed by atoms with Crippen molar-refractivity contribution in [3.8, 4) is 11.5 Å². The minimum absolute atomic E-state index is 0.138. The highest BCUT2D eigenvalue weighted by atomic mass is 32.2. The maximum absolute atomic E-state index is 11.1. The van der Waals surface area contributed by atoms with Crippen molar-refractivity contribution >= 4 is 17.5 Å². The van der Waals surface area contributed by atoms with Gasteiger partial charge in [0.2, 0.25) is 0 Å². The number of thioether (sulfide) groups is 1. The van der Waals surface area contributed by atoms with Crippen molar-refractivity contribution in [1.29, 1.82) is 0 Å². The summed E-state index contributed by atoms with van der Waals surface area (Å²) in [6.45, 7) is 1.58. The van der Waals surface area contributed by atoms with Gasteiger partial charge in [-0.2, -0.15) is 0 Å². The zero-order chi connectivity index (χ0) is 12.1. The van der Waals surface area contributed by atoms with Crippen LogP contribution in [0.4, 0.5) is 0 Å². The predicted molar refractivity (Wildman–Crippen MR) is 65.7 cm³/mol. The lowest BCUT2D eigenvalue weighted by Crippen LogP contribution is -1.99. The molecule has 0 radical (unpaired) electrons. The molecule has 0 saturated carbocycles. The summed E-state index contributed by atoms with van der Waals surface area (Å²) in [7, 11) is 3.21. The van der Waals surface area contributed by atoms with Crippen LogP contribution in [0.3, 0.4) is 0 Å². The molecule has 0 aliphatic heterocycles. The standard InChI is InChI=1S/C12H16O3S/c1-8(13)5-9-6-10(14-2)12(15-3)11(7-9)16-4/h6-7H,5H2,1-4H3. The number of carbonyl (C=O) groups excluding carboxylic acids is 1. The molecule has 0 heterocycles. The summed E-state index contributed by atoms with van der Waals surface area (Å²) in [6.07, 6.45) is 2.39. The van der Waals surface area contributed by atoms with Crippen LogP contribution in [0.5, 0.6) is 11.5 Å². The first-order valence-electron chi connectivity index (χ1n) is 4.90. The molecule has 0 fully saturated rings. The molecule has 0 amide bonds. The lowest BCUT2D eigenvalue weighted by Gasteiger charge is -2.13. The minimum atomic E-state index is 0.138. The van der Waals surface area contributed by atoms with E-state index in [9.17, 15) is 4.79 Å². The highest BCUT2D eigenvalue weighted by Gasteiger charge is 2.12. The van der Waals surface area contributed by atoms with Crippen molar-refractivity contribution in [3.63, 3.8) is 0 Å². The van der Waals surface area contributed by atoms with Gasteiger partial charge in [0.1, 0.15) is 5.78 Å². The first kappa shape index (κ1) is 12.9. The highest BCUT2D eigenvalue weighted by Crippen LogP contribution is 2.37. The van der Waals surface area contributed by atoms with Gasteiger partial charge in [0.05, 0.1) is 19.1 Å². The zero-order valence-electron chi connectivity index (χ0n) is 9.99. The summed E-state index contributed by atoms with van der Waals surface area (Å²) in [5.74, 6) is 1.53. The van der Waals surface area contributed by atoms with Gasteiger partial charge in [-0.25, -0.2) is 0 Å². The Balaban J connectivity index is 3.20. The van der Waals surface area contributed by atoms with Crippen molar-refractivity contribution in [1.82, 2.24) is 0 Å². The fourth-order valence-electron chi connectivity index (χ4n) is 1.52. The van der Waals surface area contributed by atoms with Crippen LogP contribution in [0.15, 0.2) is 17.0 Å². The van der Waals surface area contributed by atoms with Crippen LogP contribution in [0, 0.1) is 0 Å². The first-order chi connectivity index (χ1) is 7.62. The number of hydrogen-bond donors (Lipinski definition) is 0. The van der Waals surface area contributed by atoms with Crippen LogP contribution >= 0.6 is 11.8 Å². The number of ketones is 1. The van der Waals surface area contributed by atoms with E-state index < -0.39 is 0 Å². The molecule has 1 rings (SSSR count). The predicted octanol–water partition coefficient (Wildman–Crippen LogP) is 2.56. The van der Waals surface area contributed by atoms with Crippen LogP contribution in [0.25, 0.3) is 0 Å². The highest BCUT2D eigenvalue weighted by molar-refractivity contribution is 7.98. The molecule has 0 aliphatic rings. The van der Waals surface area contributed by atoms with Gasteiger partial charge >= 0.3 is 0 Å². The SMILES string of the molecule is COc1cc(CC(C)=O)cc(SC)c1OC. The topological polar surface area (TPSA) is 35.5 Å². The molecule has 16 heavy (non-hydrogen) atoms. The average molecular weight is 240 g/mol. The molecule has 0 unspecified atom stereocenters. The molecule has 0 aromatic heterocycles. The van der Waals surface area contributed by atoms with Gasteiger partial charge in [-0.05, 0) is 30.9 Å². The van der Waals surface area contributed by atoms with Gasteiger partial charge in [-0.15, -0.1) is 11.8 Å². The summed E-state index contributed by atoms with van der Waals surface area (Å²) < 4.78 is 10.5. The lowest BCUT2D eigenvalue weighted by molar-refractivity contribution is -0.116. The molecule has 0 N–H and O–H groups in total. The second-order valence-electron chi connectivity index (χ2n) is 3.41. The molecule has 1 aromatic carbocycles. The molecular formula is C12H16O3S. The van der Waals surface area contributed by atoms with Crippen molar-refractivity contribution in [2.75, 3.05) is 20.5 Å².